The molecule has 1 aliphatic heterocycles. The molecule has 11 heteroatoms. The highest BCUT2D eigenvalue weighted by molar-refractivity contribution is 7.89. The topological polar surface area (TPSA) is 133 Å². The van der Waals surface area contributed by atoms with Crippen LogP contribution in [0.5, 0.6) is 5.88 Å². The number of aromatic carboxylic acids is 1. The minimum atomic E-state index is -4.05. The zero-order chi connectivity index (χ0) is 20.3. The van der Waals surface area contributed by atoms with E-state index >= 15 is 0 Å². The maximum absolute atomic E-state index is 13.6. The van der Waals surface area contributed by atoms with Crippen molar-refractivity contribution in [3.63, 3.8) is 0 Å². The Bertz CT molecular complexity index is 1050. The molecule has 0 spiro atoms. The van der Waals surface area contributed by atoms with E-state index < -0.39 is 33.5 Å². The van der Waals surface area contributed by atoms with Gasteiger partial charge in [-0.15, -0.1) is 0 Å². The van der Waals surface area contributed by atoms with Gasteiger partial charge in [-0.2, -0.15) is 9.57 Å². The number of halogens is 1. The molecule has 1 N–H and O–H groups in total. The predicted molar refractivity (Wildman–Crippen MR) is 92.5 cm³/mol. The summed E-state index contributed by atoms with van der Waals surface area (Å²) in [5.74, 6) is -2.55. The summed E-state index contributed by atoms with van der Waals surface area (Å²) in [6.07, 6.45) is 3.17. The van der Waals surface area contributed by atoms with Crippen LogP contribution in [0.1, 0.15) is 28.9 Å². The molecule has 1 aromatic carbocycles. The Hall–Kier alpha value is -3.10. The lowest BCUT2D eigenvalue weighted by Gasteiger charge is -2.31. The molecular formula is C17H15FN4O5S. The number of hydrogen-bond donors (Lipinski definition) is 1. The summed E-state index contributed by atoms with van der Waals surface area (Å²) in [5, 5.41) is 18.1. The van der Waals surface area contributed by atoms with Crippen LogP contribution in [0.4, 0.5) is 4.39 Å². The van der Waals surface area contributed by atoms with Crippen molar-refractivity contribution in [1.29, 1.82) is 5.26 Å². The molecule has 9 nitrogen and oxygen atoms in total. The van der Waals surface area contributed by atoms with E-state index in [1.54, 1.807) is 0 Å². The highest BCUT2D eigenvalue weighted by Crippen LogP contribution is 2.25. The molecule has 146 valence electrons. The lowest BCUT2D eigenvalue weighted by molar-refractivity contribution is 0.0691. The maximum Gasteiger partial charge on any atom is 0.338 e. The number of carboxylic acid groups (broad SMARTS) is 1. The summed E-state index contributed by atoms with van der Waals surface area (Å²) in [6.45, 7) is 0.178. The zero-order valence-electron chi connectivity index (χ0n) is 14.4. The van der Waals surface area contributed by atoms with E-state index in [0.29, 0.717) is 12.8 Å². The van der Waals surface area contributed by atoms with Crippen LogP contribution < -0.4 is 4.74 Å². The number of nitriles is 1. The minimum Gasteiger partial charge on any atom is -0.478 e. The van der Waals surface area contributed by atoms with E-state index in [2.05, 4.69) is 9.97 Å². The van der Waals surface area contributed by atoms with Gasteiger partial charge < -0.3 is 9.84 Å². The Morgan fingerprint density at radius 1 is 1.36 bits per heavy atom. The molecule has 3 rings (SSSR count). The predicted octanol–water partition coefficient (Wildman–Crippen LogP) is 1.42. The second kappa shape index (κ2) is 7.87. The lowest BCUT2D eigenvalue weighted by atomic mass is 10.1. The number of piperidine rings is 1. The van der Waals surface area contributed by atoms with Gasteiger partial charge in [0.1, 0.15) is 18.0 Å². The van der Waals surface area contributed by atoms with Crippen molar-refractivity contribution in [2.45, 2.75) is 23.8 Å². The van der Waals surface area contributed by atoms with Crippen LogP contribution in [0.15, 0.2) is 35.5 Å². The summed E-state index contributed by atoms with van der Waals surface area (Å²) in [5.41, 5.74) is -0.726. The van der Waals surface area contributed by atoms with Crippen LogP contribution in [0.3, 0.4) is 0 Å². The van der Waals surface area contributed by atoms with E-state index in [4.69, 9.17) is 15.1 Å². The SMILES string of the molecule is N#Cc1nccnc1OC1CCCN(S(=O)(=O)c2ccc(F)c(C(=O)O)c2)C1. The van der Waals surface area contributed by atoms with Crippen LogP contribution in [-0.2, 0) is 10.0 Å². The van der Waals surface area contributed by atoms with Crippen LogP contribution in [-0.4, -0.2) is 53.0 Å². The average Bonchev–Trinajstić information content (AvgIpc) is 2.68. The molecule has 0 radical (unpaired) electrons. The fourth-order valence-electron chi connectivity index (χ4n) is 2.84. The summed E-state index contributed by atoms with van der Waals surface area (Å²) in [7, 11) is -4.05. The Morgan fingerprint density at radius 3 is 2.82 bits per heavy atom. The van der Waals surface area contributed by atoms with Crippen molar-refractivity contribution in [3.05, 3.63) is 47.7 Å². The molecule has 2 heterocycles. The van der Waals surface area contributed by atoms with Gasteiger partial charge in [0.2, 0.25) is 15.7 Å². The van der Waals surface area contributed by atoms with Gasteiger partial charge >= 0.3 is 5.97 Å². The molecule has 0 aliphatic carbocycles. The number of rotatable bonds is 5. The van der Waals surface area contributed by atoms with E-state index in [1.807, 2.05) is 6.07 Å². The van der Waals surface area contributed by atoms with Crippen molar-refractivity contribution in [1.82, 2.24) is 14.3 Å². The third-order valence-electron chi connectivity index (χ3n) is 4.20. The molecule has 1 atom stereocenters. The number of sulfonamides is 1. The molecule has 1 fully saturated rings. The lowest BCUT2D eigenvalue weighted by Crippen LogP contribution is -2.44. The number of carboxylic acids is 1. The monoisotopic (exact) mass is 406 g/mol. The summed E-state index contributed by atoms with van der Waals surface area (Å²) in [4.78, 5) is 18.6. The fraction of sp³-hybridized carbons (Fsp3) is 0.294. The van der Waals surface area contributed by atoms with Crippen LogP contribution in [0.25, 0.3) is 0 Å². The average molecular weight is 406 g/mol. The van der Waals surface area contributed by atoms with Crippen LogP contribution >= 0.6 is 0 Å². The van der Waals surface area contributed by atoms with E-state index in [9.17, 15) is 17.6 Å². The Morgan fingerprint density at radius 2 is 2.11 bits per heavy atom. The van der Waals surface area contributed by atoms with Gasteiger partial charge in [-0.1, -0.05) is 0 Å². The molecule has 1 unspecified atom stereocenters. The second-order valence-corrected chi connectivity index (χ2v) is 7.95. The quantitative estimate of drug-likeness (QED) is 0.788. The molecular weight excluding hydrogens is 391 g/mol. The first kappa shape index (κ1) is 19.7. The highest BCUT2D eigenvalue weighted by atomic mass is 32.2. The van der Waals surface area contributed by atoms with Gasteiger partial charge in [-0.05, 0) is 31.0 Å². The third-order valence-corrected chi connectivity index (χ3v) is 6.06. The van der Waals surface area contributed by atoms with Crippen molar-refractivity contribution < 1.29 is 27.4 Å². The summed E-state index contributed by atoms with van der Waals surface area (Å²) >= 11 is 0. The Labute approximate surface area is 160 Å². The Balaban J connectivity index is 1.82. The third kappa shape index (κ3) is 3.92. The standard InChI is InChI=1S/C17H15FN4O5S/c18-14-4-3-12(8-13(14)17(23)24)28(25,26)22-7-1-2-11(10-22)27-16-15(9-19)20-5-6-21-16/h3-6,8,11H,1-2,7,10H2,(H,23,24). The number of nitrogens with zero attached hydrogens (tertiary/aromatic N) is 4. The maximum atomic E-state index is 13.6. The van der Waals surface area contributed by atoms with Crippen molar-refractivity contribution in [3.8, 4) is 11.9 Å². The molecule has 1 aliphatic rings. The molecule has 0 bridgehead atoms. The molecule has 28 heavy (non-hydrogen) atoms. The number of ether oxygens (including phenoxy) is 1. The van der Waals surface area contributed by atoms with Gasteiger partial charge in [0.15, 0.2) is 0 Å². The second-order valence-electron chi connectivity index (χ2n) is 6.01. The van der Waals surface area contributed by atoms with Gasteiger partial charge in [-0.3, -0.25) is 0 Å². The molecule has 1 aromatic heterocycles. The number of benzene rings is 1. The van der Waals surface area contributed by atoms with E-state index in [0.717, 1.165) is 22.5 Å². The van der Waals surface area contributed by atoms with Gasteiger partial charge in [0, 0.05) is 18.9 Å². The minimum absolute atomic E-state index is 0.00730. The smallest absolute Gasteiger partial charge is 0.338 e. The van der Waals surface area contributed by atoms with Crippen LogP contribution in [0, 0.1) is 17.1 Å². The summed E-state index contributed by atoms with van der Waals surface area (Å²) < 4.78 is 46.1. The molecule has 0 amide bonds. The first-order valence-corrected chi connectivity index (χ1v) is 9.67. The zero-order valence-corrected chi connectivity index (χ0v) is 15.3. The van der Waals surface area contributed by atoms with Gasteiger partial charge in [0.05, 0.1) is 17.0 Å². The molecule has 0 saturated carbocycles. The number of hydrogen-bond acceptors (Lipinski definition) is 7. The van der Waals surface area contributed by atoms with Crippen molar-refractivity contribution >= 4 is 16.0 Å². The number of aromatic nitrogens is 2. The molecule has 1 saturated heterocycles. The molecule has 2 aromatic rings. The van der Waals surface area contributed by atoms with E-state index in [1.165, 1.54) is 12.4 Å². The van der Waals surface area contributed by atoms with Gasteiger partial charge in [0.25, 0.3) is 5.88 Å². The first-order valence-electron chi connectivity index (χ1n) is 8.23. The van der Waals surface area contributed by atoms with Crippen LogP contribution in [0.2, 0.25) is 0 Å². The number of carbonyl (C=O) groups is 1. The first-order chi connectivity index (χ1) is 13.3. The normalized spacial score (nSPS) is 17.6. The van der Waals surface area contributed by atoms with E-state index in [-0.39, 0.29) is 29.6 Å². The Kier molecular flexibility index (Phi) is 5.53. The van der Waals surface area contributed by atoms with Gasteiger partial charge in [-0.25, -0.2) is 27.6 Å². The largest absolute Gasteiger partial charge is 0.478 e. The van der Waals surface area contributed by atoms with Crippen molar-refractivity contribution in [2.75, 3.05) is 13.1 Å². The van der Waals surface area contributed by atoms with Crippen molar-refractivity contribution in [2.24, 2.45) is 0 Å². The summed E-state index contributed by atoms with van der Waals surface area (Å²) in [6, 6.07) is 4.49. The highest BCUT2D eigenvalue weighted by Gasteiger charge is 2.32. The fourth-order valence-corrected chi connectivity index (χ4v) is 4.38.